The van der Waals surface area contributed by atoms with Crippen LogP contribution in [0.15, 0.2) is 41.1 Å². The van der Waals surface area contributed by atoms with Gasteiger partial charge in [0, 0.05) is 11.1 Å². The van der Waals surface area contributed by atoms with Crippen LogP contribution in [0.4, 0.5) is 0 Å². The highest BCUT2D eigenvalue weighted by atomic mass is 16.3. The number of ketones is 1. The van der Waals surface area contributed by atoms with Crippen LogP contribution in [-0.4, -0.2) is 15.8 Å². The third-order valence-corrected chi connectivity index (χ3v) is 3.28. The minimum atomic E-state index is -0.0742. The van der Waals surface area contributed by atoms with Crippen molar-refractivity contribution in [1.82, 2.24) is 9.97 Å². The van der Waals surface area contributed by atoms with E-state index < -0.39 is 0 Å². The largest absolute Gasteiger partial charge is 0.461 e. The normalized spacial score (nSPS) is 11.5. The number of aromatic nitrogens is 2. The van der Waals surface area contributed by atoms with E-state index in [-0.39, 0.29) is 5.78 Å². The summed E-state index contributed by atoms with van der Waals surface area (Å²) in [6, 6.07) is 7.55. The molecule has 0 amide bonds. The second kappa shape index (κ2) is 4.81. The summed E-state index contributed by atoms with van der Waals surface area (Å²) in [7, 11) is 0. The van der Waals surface area contributed by atoms with E-state index in [0.717, 1.165) is 22.4 Å². The quantitative estimate of drug-likeness (QED) is 0.581. The molecule has 100 valence electrons. The number of H-pyrrole nitrogens is 1. The Kier molecular flexibility index (Phi) is 2.99. The van der Waals surface area contributed by atoms with Crippen molar-refractivity contribution in [1.29, 1.82) is 0 Å². The molecular weight excluding hydrogens is 252 g/mol. The van der Waals surface area contributed by atoms with Gasteiger partial charge in [-0.25, -0.2) is 4.98 Å². The van der Waals surface area contributed by atoms with Gasteiger partial charge in [0.1, 0.15) is 11.3 Å². The van der Waals surface area contributed by atoms with Crippen LogP contribution in [0.3, 0.4) is 0 Å². The molecule has 0 unspecified atom stereocenters. The maximum absolute atomic E-state index is 12.4. The minimum absolute atomic E-state index is 0.0742. The zero-order valence-corrected chi connectivity index (χ0v) is 11.3. The van der Waals surface area contributed by atoms with Gasteiger partial charge in [0.15, 0.2) is 5.78 Å². The van der Waals surface area contributed by atoms with Gasteiger partial charge < -0.3 is 9.40 Å². The lowest BCUT2D eigenvalue weighted by Gasteiger charge is -1.94. The van der Waals surface area contributed by atoms with Crippen LogP contribution >= 0.6 is 0 Å². The van der Waals surface area contributed by atoms with E-state index in [1.165, 1.54) is 6.08 Å². The monoisotopic (exact) mass is 266 g/mol. The maximum Gasteiger partial charge on any atom is 0.190 e. The number of furan rings is 1. The molecule has 0 fully saturated rings. The molecule has 0 atom stereocenters. The number of aryl methyl sites for hydroxylation is 2. The highest BCUT2D eigenvalue weighted by Gasteiger charge is 2.15. The van der Waals surface area contributed by atoms with Crippen molar-refractivity contribution in [3.8, 4) is 0 Å². The summed E-state index contributed by atoms with van der Waals surface area (Å²) >= 11 is 0. The fourth-order valence-electron chi connectivity index (χ4n) is 2.25. The molecule has 1 N–H and O–H groups in total. The number of para-hydroxylation sites is 1. The smallest absolute Gasteiger partial charge is 0.190 e. The van der Waals surface area contributed by atoms with Crippen LogP contribution in [0.2, 0.25) is 0 Å². The zero-order valence-electron chi connectivity index (χ0n) is 11.3. The highest BCUT2D eigenvalue weighted by molar-refractivity contribution is 6.15. The average Bonchev–Trinajstić information content (AvgIpc) is 2.98. The molecule has 2 heterocycles. The Bertz CT molecular complexity index is 809. The summed E-state index contributed by atoms with van der Waals surface area (Å²) in [4.78, 5) is 19.5. The second-order valence-corrected chi connectivity index (χ2v) is 4.64. The number of carbonyl (C=O) groups is 1. The number of fused-ring (bicyclic) bond motifs is 1. The van der Waals surface area contributed by atoms with Crippen molar-refractivity contribution in [2.24, 2.45) is 0 Å². The van der Waals surface area contributed by atoms with Crippen LogP contribution in [0, 0.1) is 13.8 Å². The topological polar surface area (TPSA) is 58.9 Å². The van der Waals surface area contributed by atoms with Crippen LogP contribution < -0.4 is 0 Å². The van der Waals surface area contributed by atoms with Crippen LogP contribution in [-0.2, 0) is 0 Å². The molecular formula is C16H14N2O2. The fourth-order valence-corrected chi connectivity index (χ4v) is 2.25. The van der Waals surface area contributed by atoms with E-state index in [1.54, 1.807) is 19.3 Å². The molecule has 3 rings (SSSR count). The number of nitrogens with zero attached hydrogens (tertiary/aromatic N) is 1. The molecule has 4 nitrogen and oxygen atoms in total. The van der Waals surface area contributed by atoms with E-state index in [2.05, 4.69) is 9.97 Å². The lowest BCUT2D eigenvalue weighted by molar-refractivity contribution is 0.104. The van der Waals surface area contributed by atoms with Crippen molar-refractivity contribution in [2.45, 2.75) is 13.8 Å². The summed E-state index contributed by atoms with van der Waals surface area (Å²) in [5.74, 6) is 0.564. The molecule has 4 heteroatoms. The molecule has 3 aromatic rings. The molecule has 0 saturated carbocycles. The number of rotatable bonds is 3. The third-order valence-electron chi connectivity index (χ3n) is 3.28. The lowest BCUT2D eigenvalue weighted by Crippen LogP contribution is -1.95. The van der Waals surface area contributed by atoms with Crippen LogP contribution in [0.1, 0.15) is 27.5 Å². The molecule has 0 spiro atoms. The van der Waals surface area contributed by atoms with Gasteiger partial charge in [0.05, 0.1) is 17.6 Å². The van der Waals surface area contributed by atoms with Crippen molar-refractivity contribution in [3.05, 3.63) is 59.4 Å². The molecule has 0 aliphatic heterocycles. The Morgan fingerprint density at radius 2 is 2.10 bits per heavy atom. The van der Waals surface area contributed by atoms with E-state index in [9.17, 15) is 4.79 Å². The Hall–Kier alpha value is -2.62. The number of carbonyl (C=O) groups excluding carboxylic acids is 1. The first-order valence-corrected chi connectivity index (χ1v) is 6.37. The van der Waals surface area contributed by atoms with Crippen LogP contribution in [0.25, 0.3) is 17.0 Å². The Morgan fingerprint density at radius 1 is 1.30 bits per heavy atom. The predicted octanol–water partition coefficient (Wildman–Crippen LogP) is 3.67. The number of allylic oxidation sites excluding steroid dienone is 1. The van der Waals surface area contributed by atoms with E-state index in [4.69, 9.17) is 4.42 Å². The van der Waals surface area contributed by atoms with Crippen molar-refractivity contribution in [2.75, 3.05) is 0 Å². The number of hydrogen-bond acceptors (Lipinski definition) is 3. The van der Waals surface area contributed by atoms with Gasteiger partial charge in [-0.3, -0.25) is 4.79 Å². The number of benzene rings is 1. The number of nitrogens with one attached hydrogen (secondary N) is 1. The number of aromatic amines is 1. The minimum Gasteiger partial charge on any atom is -0.461 e. The molecule has 0 bridgehead atoms. The Labute approximate surface area is 116 Å². The van der Waals surface area contributed by atoms with E-state index >= 15 is 0 Å². The molecule has 0 saturated heterocycles. The van der Waals surface area contributed by atoms with E-state index in [1.807, 2.05) is 31.2 Å². The number of imidazole rings is 1. The highest BCUT2D eigenvalue weighted by Crippen LogP contribution is 2.26. The zero-order chi connectivity index (χ0) is 14.1. The Morgan fingerprint density at radius 3 is 2.85 bits per heavy atom. The maximum atomic E-state index is 12.4. The third kappa shape index (κ3) is 2.05. The van der Waals surface area contributed by atoms with Gasteiger partial charge >= 0.3 is 0 Å². The van der Waals surface area contributed by atoms with Crippen LogP contribution in [0.5, 0.6) is 0 Å². The molecule has 0 aliphatic carbocycles. The summed E-state index contributed by atoms with van der Waals surface area (Å²) in [5, 5.41) is 0.846. The number of hydrogen-bond donors (Lipinski definition) is 1. The fraction of sp³-hybridized carbons (Fsp3) is 0.125. The van der Waals surface area contributed by atoms with Gasteiger partial charge in [-0.2, -0.15) is 0 Å². The van der Waals surface area contributed by atoms with Crippen molar-refractivity contribution < 1.29 is 9.21 Å². The van der Waals surface area contributed by atoms with Crippen molar-refractivity contribution in [3.63, 3.8) is 0 Å². The molecule has 0 aliphatic rings. The molecule has 20 heavy (non-hydrogen) atoms. The van der Waals surface area contributed by atoms with E-state index in [0.29, 0.717) is 11.3 Å². The predicted molar refractivity (Wildman–Crippen MR) is 77.6 cm³/mol. The first-order chi connectivity index (χ1) is 9.66. The van der Waals surface area contributed by atoms with Gasteiger partial charge in [-0.1, -0.05) is 18.2 Å². The summed E-state index contributed by atoms with van der Waals surface area (Å²) < 4.78 is 5.60. The van der Waals surface area contributed by atoms with Gasteiger partial charge in [0.25, 0.3) is 0 Å². The first-order valence-electron chi connectivity index (χ1n) is 6.37. The lowest BCUT2D eigenvalue weighted by atomic mass is 10.1. The first kappa shape index (κ1) is 12.4. The standard InChI is InChI=1S/C16H14N2O2/c1-10-13(18-9-17-10)7-8-14(19)16-11(2)20-15-6-4-3-5-12(15)16/h3-9H,1-2H3,(H,17,18). The second-order valence-electron chi connectivity index (χ2n) is 4.64. The van der Waals surface area contributed by atoms with Gasteiger partial charge in [-0.05, 0) is 32.1 Å². The summed E-state index contributed by atoms with van der Waals surface area (Å²) in [5.41, 5.74) is 3.05. The average molecular weight is 266 g/mol. The summed E-state index contributed by atoms with van der Waals surface area (Å²) in [6.07, 6.45) is 4.86. The SMILES string of the molecule is Cc1[nH]cnc1C=CC(=O)c1c(C)oc2ccccc12. The molecule has 0 radical (unpaired) electrons. The molecule has 2 aromatic heterocycles. The van der Waals surface area contributed by atoms with Crippen molar-refractivity contribution >= 4 is 22.8 Å². The molecule has 1 aromatic carbocycles. The summed E-state index contributed by atoms with van der Waals surface area (Å²) in [6.45, 7) is 3.72. The van der Waals surface area contributed by atoms with Gasteiger partial charge in [0.2, 0.25) is 0 Å². The van der Waals surface area contributed by atoms with Gasteiger partial charge in [-0.15, -0.1) is 0 Å². The Balaban J connectivity index is 1.99.